The first-order valence-electron chi connectivity index (χ1n) is 13.2. The SMILES string of the molecule is CC(C)C/C=C\C(C)[C@H]1CC[C@@]2(C)C3=CC=C4C(C)(C)[C@@H](O)CC[C@]4(C)C3CC[C@]12C. The highest BCUT2D eigenvalue weighted by molar-refractivity contribution is 5.43. The van der Waals surface area contributed by atoms with Gasteiger partial charge in [-0.25, -0.2) is 0 Å². The lowest BCUT2D eigenvalue weighted by atomic mass is 9.43. The summed E-state index contributed by atoms with van der Waals surface area (Å²) in [6.07, 6.45) is 18.4. The minimum absolute atomic E-state index is 0.107. The van der Waals surface area contributed by atoms with Crippen molar-refractivity contribution < 1.29 is 5.11 Å². The van der Waals surface area contributed by atoms with E-state index in [1.807, 2.05) is 0 Å². The molecule has 2 unspecified atom stereocenters. The molecule has 0 radical (unpaired) electrons. The second-order valence-electron chi connectivity index (χ2n) is 13.3. The van der Waals surface area contributed by atoms with Crippen LogP contribution in [0.4, 0.5) is 0 Å². The van der Waals surface area contributed by atoms with Gasteiger partial charge in [0.2, 0.25) is 0 Å². The molecule has 31 heavy (non-hydrogen) atoms. The van der Waals surface area contributed by atoms with E-state index >= 15 is 0 Å². The molecule has 0 amide bonds. The van der Waals surface area contributed by atoms with Crippen LogP contribution in [0.25, 0.3) is 0 Å². The maximum atomic E-state index is 10.8. The Morgan fingerprint density at radius 1 is 0.968 bits per heavy atom. The van der Waals surface area contributed by atoms with E-state index in [0.717, 1.165) is 24.7 Å². The van der Waals surface area contributed by atoms with Gasteiger partial charge < -0.3 is 5.11 Å². The molecule has 0 aromatic rings. The third-order valence-corrected chi connectivity index (χ3v) is 11.0. The first-order valence-corrected chi connectivity index (χ1v) is 13.2. The topological polar surface area (TPSA) is 20.2 Å². The summed E-state index contributed by atoms with van der Waals surface area (Å²) in [6, 6.07) is 0. The smallest absolute Gasteiger partial charge is 0.0628 e. The average molecular weight is 425 g/mol. The van der Waals surface area contributed by atoms with Gasteiger partial charge >= 0.3 is 0 Å². The molecule has 1 N–H and O–H groups in total. The molecule has 0 aliphatic heterocycles. The van der Waals surface area contributed by atoms with Crippen molar-refractivity contribution in [1.82, 2.24) is 0 Å². The van der Waals surface area contributed by atoms with Crippen LogP contribution in [-0.4, -0.2) is 11.2 Å². The van der Waals surface area contributed by atoms with Crippen LogP contribution in [0.1, 0.15) is 100 Å². The van der Waals surface area contributed by atoms with Gasteiger partial charge in [-0.05, 0) is 84.9 Å². The highest BCUT2D eigenvalue weighted by Gasteiger charge is 2.63. The normalized spacial score (nSPS) is 45.0. The predicted molar refractivity (Wildman–Crippen MR) is 133 cm³/mol. The van der Waals surface area contributed by atoms with Crippen molar-refractivity contribution >= 4 is 0 Å². The van der Waals surface area contributed by atoms with E-state index in [-0.39, 0.29) is 16.9 Å². The molecule has 4 rings (SSSR count). The van der Waals surface area contributed by atoms with Crippen molar-refractivity contribution in [3.8, 4) is 0 Å². The van der Waals surface area contributed by atoms with Crippen molar-refractivity contribution in [3.05, 3.63) is 35.5 Å². The van der Waals surface area contributed by atoms with E-state index in [0.29, 0.717) is 22.7 Å². The number of aliphatic hydroxyl groups is 1. The summed E-state index contributed by atoms with van der Waals surface area (Å²) in [6.45, 7) is 19.4. The van der Waals surface area contributed by atoms with Crippen LogP contribution in [-0.2, 0) is 0 Å². The van der Waals surface area contributed by atoms with E-state index in [4.69, 9.17) is 0 Å². The lowest BCUT2D eigenvalue weighted by Gasteiger charge is -2.61. The Bertz CT molecular complexity index is 797. The first kappa shape index (κ1) is 23.3. The predicted octanol–water partition coefficient (Wildman–Crippen LogP) is 8.11. The maximum Gasteiger partial charge on any atom is 0.0628 e. The van der Waals surface area contributed by atoms with Crippen LogP contribution >= 0.6 is 0 Å². The minimum Gasteiger partial charge on any atom is -0.392 e. The van der Waals surface area contributed by atoms with Crippen molar-refractivity contribution in [3.63, 3.8) is 0 Å². The highest BCUT2D eigenvalue weighted by atomic mass is 16.3. The number of fused-ring (bicyclic) bond motifs is 5. The zero-order valence-electron chi connectivity index (χ0n) is 21.6. The zero-order valence-corrected chi connectivity index (χ0v) is 21.6. The van der Waals surface area contributed by atoms with Gasteiger partial charge in [0, 0.05) is 5.41 Å². The monoisotopic (exact) mass is 424 g/mol. The van der Waals surface area contributed by atoms with Gasteiger partial charge in [-0.15, -0.1) is 0 Å². The van der Waals surface area contributed by atoms with E-state index in [2.05, 4.69) is 79.7 Å². The van der Waals surface area contributed by atoms with Crippen LogP contribution in [0.3, 0.4) is 0 Å². The third kappa shape index (κ3) is 3.27. The highest BCUT2D eigenvalue weighted by Crippen LogP contribution is 2.72. The molecule has 0 aromatic heterocycles. The molecule has 0 aromatic carbocycles. The molecule has 4 aliphatic carbocycles. The van der Waals surface area contributed by atoms with E-state index < -0.39 is 0 Å². The number of rotatable bonds is 4. The van der Waals surface area contributed by atoms with Crippen molar-refractivity contribution in [2.24, 2.45) is 45.3 Å². The Kier molecular flexibility index (Phi) is 5.73. The first-order chi connectivity index (χ1) is 14.4. The van der Waals surface area contributed by atoms with Crippen LogP contribution in [0, 0.1) is 45.3 Å². The standard InChI is InChI=1S/C30H48O/c1-20(2)10-9-11-21(3)22-14-18-30(8)24-12-13-25-27(4,5)26(31)16-17-28(25,6)23(24)15-19-29(22,30)7/h9,11-13,20-23,26,31H,10,14-19H2,1-8H3/b11-9-/t21?,22-,23?,26+,28-,29-,30+/m1/s1. The summed E-state index contributed by atoms with van der Waals surface area (Å²) < 4.78 is 0. The molecule has 1 nitrogen and oxygen atoms in total. The molecule has 0 heterocycles. The van der Waals surface area contributed by atoms with Gasteiger partial charge in [-0.3, -0.25) is 0 Å². The number of hydrogen-bond acceptors (Lipinski definition) is 1. The fraction of sp³-hybridized carbons (Fsp3) is 0.800. The molecule has 0 spiro atoms. The molecule has 0 saturated heterocycles. The van der Waals surface area contributed by atoms with Crippen LogP contribution in [0.5, 0.6) is 0 Å². The second kappa shape index (κ2) is 7.61. The van der Waals surface area contributed by atoms with Crippen molar-refractivity contribution in [2.45, 2.75) is 106 Å². The molecule has 1 heteroatoms. The summed E-state index contributed by atoms with van der Waals surface area (Å²) in [4.78, 5) is 0. The summed E-state index contributed by atoms with van der Waals surface area (Å²) in [7, 11) is 0. The molecular weight excluding hydrogens is 376 g/mol. The van der Waals surface area contributed by atoms with Crippen LogP contribution in [0.15, 0.2) is 35.5 Å². The molecule has 174 valence electrons. The summed E-state index contributed by atoms with van der Waals surface area (Å²) in [5.41, 5.74) is 4.08. The van der Waals surface area contributed by atoms with E-state index in [1.165, 1.54) is 37.7 Å². The molecule has 0 bridgehead atoms. The Balaban J connectivity index is 1.68. The van der Waals surface area contributed by atoms with Crippen LogP contribution < -0.4 is 0 Å². The van der Waals surface area contributed by atoms with Gasteiger partial charge in [-0.1, -0.05) is 90.8 Å². The number of hydrogen-bond donors (Lipinski definition) is 1. The van der Waals surface area contributed by atoms with E-state index in [1.54, 1.807) is 5.57 Å². The Labute approximate surface area is 192 Å². The fourth-order valence-corrected chi connectivity index (χ4v) is 8.67. The Hall–Kier alpha value is -0.820. The number of allylic oxidation sites excluding steroid dienone is 5. The Morgan fingerprint density at radius 3 is 2.35 bits per heavy atom. The van der Waals surface area contributed by atoms with E-state index in [9.17, 15) is 5.11 Å². The summed E-state index contributed by atoms with van der Waals surface area (Å²) in [5.74, 6) is 2.85. The lowest BCUT2D eigenvalue weighted by molar-refractivity contribution is -0.0335. The quantitative estimate of drug-likeness (QED) is 0.452. The van der Waals surface area contributed by atoms with Gasteiger partial charge in [0.15, 0.2) is 0 Å². The molecule has 3 fully saturated rings. The number of aliphatic hydroxyl groups excluding tert-OH is 1. The lowest BCUT2D eigenvalue weighted by Crippen LogP contribution is -2.54. The molecular formula is C30H48O. The van der Waals surface area contributed by atoms with Crippen molar-refractivity contribution in [2.75, 3.05) is 0 Å². The van der Waals surface area contributed by atoms with Crippen LogP contribution in [0.2, 0.25) is 0 Å². The molecule has 3 saturated carbocycles. The fourth-order valence-electron chi connectivity index (χ4n) is 8.67. The molecule has 7 atom stereocenters. The summed E-state index contributed by atoms with van der Waals surface area (Å²) >= 11 is 0. The molecule has 4 aliphatic rings. The maximum absolute atomic E-state index is 10.8. The second-order valence-corrected chi connectivity index (χ2v) is 13.3. The average Bonchev–Trinajstić information content (AvgIpc) is 2.96. The van der Waals surface area contributed by atoms with Gasteiger partial charge in [0.1, 0.15) is 0 Å². The largest absolute Gasteiger partial charge is 0.392 e. The minimum atomic E-state index is -0.208. The van der Waals surface area contributed by atoms with Crippen molar-refractivity contribution in [1.29, 1.82) is 0 Å². The van der Waals surface area contributed by atoms with Gasteiger partial charge in [0.05, 0.1) is 6.10 Å². The summed E-state index contributed by atoms with van der Waals surface area (Å²) in [5, 5.41) is 10.8. The zero-order chi connectivity index (χ0) is 22.8. The van der Waals surface area contributed by atoms with Gasteiger partial charge in [0.25, 0.3) is 0 Å². The van der Waals surface area contributed by atoms with Gasteiger partial charge in [-0.2, -0.15) is 0 Å². The third-order valence-electron chi connectivity index (χ3n) is 11.0. The Morgan fingerprint density at radius 2 is 1.68 bits per heavy atom.